The van der Waals surface area contributed by atoms with Gasteiger partial charge in [0.25, 0.3) is 0 Å². The molecule has 18 heavy (non-hydrogen) atoms. The summed E-state index contributed by atoms with van der Waals surface area (Å²) in [5.41, 5.74) is 0.682. The Kier molecular flexibility index (Phi) is 3.02. The lowest BCUT2D eigenvalue weighted by Crippen LogP contribution is -2.48. The summed E-state index contributed by atoms with van der Waals surface area (Å²) in [7, 11) is 0. The molecule has 3 rings (SSSR count). The Morgan fingerprint density at radius 2 is 2.22 bits per heavy atom. The van der Waals surface area contributed by atoms with Gasteiger partial charge in [0, 0.05) is 12.8 Å². The van der Waals surface area contributed by atoms with E-state index in [2.05, 4.69) is 0 Å². The van der Waals surface area contributed by atoms with Gasteiger partial charge in [-0.1, -0.05) is 12.1 Å². The quantitative estimate of drug-likeness (QED) is 0.798. The zero-order valence-electron chi connectivity index (χ0n) is 10.7. The van der Waals surface area contributed by atoms with Crippen molar-refractivity contribution >= 4 is 0 Å². The maximum Gasteiger partial charge on any atom is 0.167 e. The molecule has 0 aromatic heterocycles. The third-order valence-corrected chi connectivity index (χ3v) is 4.16. The second-order valence-corrected chi connectivity index (χ2v) is 5.50. The van der Waals surface area contributed by atoms with Gasteiger partial charge in [0.05, 0.1) is 12.2 Å². The highest BCUT2D eigenvalue weighted by molar-refractivity contribution is 5.30. The summed E-state index contributed by atoms with van der Waals surface area (Å²) in [5, 5.41) is 0. The van der Waals surface area contributed by atoms with E-state index in [4.69, 9.17) is 9.47 Å². The fraction of sp³-hybridized carbons (Fsp3) is 0.600. The summed E-state index contributed by atoms with van der Waals surface area (Å²) >= 11 is 0. The largest absolute Gasteiger partial charge is 0.487 e. The van der Waals surface area contributed by atoms with Crippen molar-refractivity contribution in [3.63, 3.8) is 0 Å². The Bertz CT molecular complexity index is 440. The molecular weight excluding hydrogens is 231 g/mol. The Hall–Kier alpha value is -1.09. The van der Waals surface area contributed by atoms with Crippen molar-refractivity contribution in [2.24, 2.45) is 0 Å². The van der Waals surface area contributed by atoms with E-state index in [1.165, 1.54) is 6.42 Å². The third kappa shape index (κ3) is 2.12. The van der Waals surface area contributed by atoms with Crippen LogP contribution in [0, 0.1) is 12.7 Å². The fourth-order valence-electron chi connectivity index (χ4n) is 2.89. The molecule has 1 aliphatic carbocycles. The van der Waals surface area contributed by atoms with Crippen LogP contribution >= 0.6 is 0 Å². The highest BCUT2D eigenvalue weighted by Gasteiger charge is 2.43. The van der Waals surface area contributed by atoms with E-state index < -0.39 is 0 Å². The molecule has 3 heteroatoms. The van der Waals surface area contributed by atoms with Crippen molar-refractivity contribution in [2.75, 3.05) is 6.61 Å². The van der Waals surface area contributed by atoms with E-state index in [0.29, 0.717) is 11.3 Å². The lowest BCUT2D eigenvalue weighted by Gasteiger charge is -2.46. The molecule has 98 valence electrons. The molecule has 1 atom stereocenters. The van der Waals surface area contributed by atoms with Gasteiger partial charge < -0.3 is 9.47 Å². The maximum atomic E-state index is 13.9. The van der Waals surface area contributed by atoms with Gasteiger partial charge in [0.2, 0.25) is 0 Å². The molecule has 2 nitrogen and oxygen atoms in total. The van der Waals surface area contributed by atoms with Gasteiger partial charge >= 0.3 is 0 Å². The first-order valence-electron chi connectivity index (χ1n) is 6.74. The Balaban J connectivity index is 1.70. The van der Waals surface area contributed by atoms with Gasteiger partial charge in [-0.3, -0.25) is 0 Å². The molecule has 1 aromatic carbocycles. The van der Waals surface area contributed by atoms with Gasteiger partial charge in [0.15, 0.2) is 11.6 Å². The number of rotatable bonds is 2. The van der Waals surface area contributed by atoms with E-state index in [-0.39, 0.29) is 17.5 Å². The maximum absolute atomic E-state index is 13.9. The minimum atomic E-state index is -0.230. The van der Waals surface area contributed by atoms with Crippen LogP contribution in [-0.4, -0.2) is 18.3 Å². The lowest BCUT2D eigenvalue weighted by molar-refractivity contribution is -0.153. The SMILES string of the molecule is Cc1cccc(OC2CCOC3(CCC3)C2)c1F. The van der Waals surface area contributed by atoms with Crippen molar-refractivity contribution in [2.45, 2.75) is 50.7 Å². The summed E-state index contributed by atoms with van der Waals surface area (Å²) in [6, 6.07) is 5.32. The number of hydrogen-bond acceptors (Lipinski definition) is 2. The van der Waals surface area contributed by atoms with Crippen molar-refractivity contribution < 1.29 is 13.9 Å². The molecule has 0 radical (unpaired) electrons. The smallest absolute Gasteiger partial charge is 0.167 e. The highest BCUT2D eigenvalue weighted by Crippen LogP contribution is 2.43. The molecule has 0 bridgehead atoms. The topological polar surface area (TPSA) is 18.5 Å². The minimum absolute atomic E-state index is 0.0449. The van der Waals surface area contributed by atoms with Gasteiger partial charge in [-0.15, -0.1) is 0 Å². The zero-order chi connectivity index (χ0) is 12.6. The number of aryl methyl sites for hydroxylation is 1. The van der Waals surface area contributed by atoms with Crippen LogP contribution in [-0.2, 0) is 4.74 Å². The Morgan fingerprint density at radius 3 is 2.94 bits per heavy atom. The van der Waals surface area contributed by atoms with Crippen LogP contribution in [0.2, 0.25) is 0 Å². The second kappa shape index (κ2) is 4.54. The molecule has 1 unspecified atom stereocenters. The van der Waals surface area contributed by atoms with Crippen LogP contribution in [0.25, 0.3) is 0 Å². The highest BCUT2D eigenvalue weighted by atomic mass is 19.1. The van der Waals surface area contributed by atoms with Crippen LogP contribution in [0.15, 0.2) is 18.2 Å². The standard InChI is InChI=1S/C15H19FO2/c1-11-4-2-5-13(14(11)16)18-12-6-9-17-15(10-12)7-3-8-15/h2,4-5,12H,3,6-10H2,1H3. The molecule has 0 N–H and O–H groups in total. The first-order valence-corrected chi connectivity index (χ1v) is 6.74. The Morgan fingerprint density at radius 1 is 1.39 bits per heavy atom. The molecule has 2 aliphatic rings. The van der Waals surface area contributed by atoms with E-state index in [0.717, 1.165) is 32.3 Å². The molecule has 1 saturated heterocycles. The monoisotopic (exact) mass is 250 g/mol. The molecule has 0 amide bonds. The summed E-state index contributed by atoms with van der Waals surface area (Å²) in [6.45, 7) is 2.50. The molecule has 1 saturated carbocycles. The molecule has 2 fully saturated rings. The molecule has 1 spiro atoms. The molecule has 1 heterocycles. The van der Waals surface area contributed by atoms with Gasteiger partial charge in [-0.25, -0.2) is 4.39 Å². The molecular formula is C15H19FO2. The van der Waals surface area contributed by atoms with Crippen LogP contribution in [0.1, 0.15) is 37.7 Å². The molecule has 1 aliphatic heterocycles. The van der Waals surface area contributed by atoms with E-state index in [9.17, 15) is 4.39 Å². The van der Waals surface area contributed by atoms with Crippen LogP contribution in [0.5, 0.6) is 5.75 Å². The number of halogens is 1. The molecule has 1 aromatic rings. The average Bonchev–Trinajstić information content (AvgIpc) is 2.34. The minimum Gasteiger partial charge on any atom is -0.487 e. The zero-order valence-corrected chi connectivity index (χ0v) is 10.7. The first-order chi connectivity index (χ1) is 8.69. The fourth-order valence-corrected chi connectivity index (χ4v) is 2.89. The van der Waals surface area contributed by atoms with Gasteiger partial charge in [-0.05, 0) is 37.8 Å². The summed E-state index contributed by atoms with van der Waals surface area (Å²) in [4.78, 5) is 0. The van der Waals surface area contributed by atoms with Crippen molar-refractivity contribution in [3.05, 3.63) is 29.6 Å². The average molecular weight is 250 g/mol. The Labute approximate surface area is 107 Å². The summed E-state index contributed by atoms with van der Waals surface area (Å²) in [5.74, 6) is 0.156. The number of benzene rings is 1. The predicted molar refractivity (Wildman–Crippen MR) is 67.3 cm³/mol. The number of ether oxygens (including phenoxy) is 2. The van der Waals surface area contributed by atoms with Crippen LogP contribution in [0.4, 0.5) is 4.39 Å². The lowest BCUT2D eigenvalue weighted by atomic mass is 9.74. The number of hydrogen-bond donors (Lipinski definition) is 0. The van der Waals surface area contributed by atoms with Crippen LogP contribution in [0.3, 0.4) is 0 Å². The summed E-state index contributed by atoms with van der Waals surface area (Å²) in [6.07, 6.45) is 5.35. The van der Waals surface area contributed by atoms with Crippen molar-refractivity contribution in [1.29, 1.82) is 0 Å². The van der Waals surface area contributed by atoms with Gasteiger partial charge in [-0.2, -0.15) is 0 Å². The van der Waals surface area contributed by atoms with E-state index in [1.807, 2.05) is 6.07 Å². The van der Waals surface area contributed by atoms with Crippen molar-refractivity contribution in [1.82, 2.24) is 0 Å². The van der Waals surface area contributed by atoms with Gasteiger partial charge in [0.1, 0.15) is 6.10 Å². The second-order valence-electron chi connectivity index (χ2n) is 5.50. The normalized spacial score (nSPS) is 25.8. The van der Waals surface area contributed by atoms with Crippen LogP contribution < -0.4 is 4.74 Å². The van der Waals surface area contributed by atoms with Crippen molar-refractivity contribution in [3.8, 4) is 5.75 Å². The first kappa shape index (κ1) is 12.0. The predicted octanol–water partition coefficient (Wildman–Crippen LogP) is 3.61. The van der Waals surface area contributed by atoms with E-state index >= 15 is 0 Å². The third-order valence-electron chi connectivity index (χ3n) is 4.16. The van der Waals surface area contributed by atoms with E-state index in [1.54, 1.807) is 19.1 Å². The summed E-state index contributed by atoms with van der Waals surface area (Å²) < 4.78 is 25.6.